The van der Waals surface area contributed by atoms with E-state index in [1.165, 1.54) is 54.5 Å². The van der Waals surface area contributed by atoms with Gasteiger partial charge in [-0.15, -0.1) is 0 Å². The first kappa shape index (κ1) is 35.4. The van der Waals surface area contributed by atoms with Crippen molar-refractivity contribution in [2.24, 2.45) is 0 Å². The number of rotatable bonds is 10. The molecule has 0 heterocycles. The fraction of sp³-hybridized carbons (Fsp3) is 0.312. The third-order valence-corrected chi connectivity index (χ3v) is 9.34. The van der Waals surface area contributed by atoms with Gasteiger partial charge in [0.25, 0.3) is 20.2 Å². The van der Waals surface area contributed by atoms with Crippen molar-refractivity contribution in [3.05, 3.63) is 65.7 Å². The van der Waals surface area contributed by atoms with E-state index in [0.717, 1.165) is 23.4 Å². The largest absolute Gasteiger partial charge is 0.505 e. The molecule has 0 aromatic heterocycles. The minimum atomic E-state index is -4.89. The van der Waals surface area contributed by atoms with Gasteiger partial charge in [0.15, 0.2) is 0 Å². The second-order valence-corrected chi connectivity index (χ2v) is 13.9. The molecule has 0 spiro atoms. The molecular weight excluding hydrogens is 617 g/mol. The fourth-order valence-corrected chi connectivity index (χ4v) is 6.42. The summed E-state index contributed by atoms with van der Waals surface area (Å²) in [5.41, 5.74) is 23.1. The molecule has 0 radical (unpaired) electrons. The van der Waals surface area contributed by atoms with Gasteiger partial charge in [-0.25, -0.2) is 0 Å². The number of aromatic hydroxyl groups is 1. The Labute approximate surface area is 265 Å². The highest BCUT2D eigenvalue weighted by molar-refractivity contribution is 7.87. The highest BCUT2D eigenvalue weighted by Crippen LogP contribution is 2.41. The number of unbranched alkanes of at least 4 members (excludes halogenated alkanes) is 3. The summed E-state index contributed by atoms with van der Waals surface area (Å²) in [6.45, 7) is 8.78. The molecule has 1 atom stereocenters. The molecule has 0 aliphatic rings. The van der Waals surface area contributed by atoms with Crippen molar-refractivity contribution in [2.45, 2.75) is 75.6 Å². The van der Waals surface area contributed by atoms with E-state index in [9.17, 15) is 26.5 Å². The monoisotopic (exact) mass is 658 g/mol. The van der Waals surface area contributed by atoms with Crippen LogP contribution in [-0.4, -0.2) is 37.1 Å². The van der Waals surface area contributed by atoms with Gasteiger partial charge in [0.1, 0.15) is 15.5 Å². The number of phenols is 1. The maximum atomic E-state index is 11.4. The van der Waals surface area contributed by atoms with Gasteiger partial charge >= 0.3 is 0 Å². The molecular formula is C32H42N4O7S2. The Hall–Kier alpha value is -4.04. The molecule has 0 amide bonds. The third-order valence-electron chi connectivity index (χ3n) is 7.55. The number of hydrogen-bond donors (Lipinski definition) is 7. The molecule has 13 heteroatoms. The lowest BCUT2D eigenvalue weighted by Crippen LogP contribution is -2.15. The summed E-state index contributed by atoms with van der Waals surface area (Å²) in [5, 5.41) is 12.9. The lowest BCUT2D eigenvalue weighted by atomic mass is 9.99. The Morgan fingerprint density at radius 3 is 1.89 bits per heavy atom. The summed E-state index contributed by atoms with van der Waals surface area (Å²) in [5.74, 6) is -0.666. The molecule has 4 aromatic rings. The van der Waals surface area contributed by atoms with E-state index < -0.39 is 46.9 Å². The Kier molecular flexibility index (Phi) is 11.3. The zero-order valence-electron chi connectivity index (χ0n) is 25.8. The topological polar surface area (TPSA) is 219 Å². The van der Waals surface area contributed by atoms with Crippen LogP contribution in [0.5, 0.6) is 5.75 Å². The van der Waals surface area contributed by atoms with Crippen molar-refractivity contribution in [2.75, 3.05) is 22.5 Å². The van der Waals surface area contributed by atoms with E-state index in [1.807, 2.05) is 6.07 Å². The van der Waals surface area contributed by atoms with Crippen LogP contribution in [-0.2, 0) is 20.2 Å². The normalized spacial score (nSPS) is 12.4. The van der Waals surface area contributed by atoms with Crippen LogP contribution >= 0.6 is 0 Å². The van der Waals surface area contributed by atoms with Crippen molar-refractivity contribution in [3.8, 4) is 16.9 Å². The molecule has 4 rings (SSSR count). The first-order valence-corrected chi connectivity index (χ1v) is 17.4. The molecule has 11 nitrogen and oxygen atoms in total. The van der Waals surface area contributed by atoms with Crippen LogP contribution in [0.2, 0.25) is 0 Å². The highest BCUT2D eigenvalue weighted by Gasteiger charge is 2.26. The van der Waals surface area contributed by atoms with Crippen LogP contribution in [0.4, 0.5) is 22.7 Å². The molecule has 0 aliphatic heterocycles. The molecule has 0 saturated carbocycles. The number of nitrogen functional groups attached to an aromatic ring is 3. The summed E-state index contributed by atoms with van der Waals surface area (Å²) >= 11 is 0. The molecule has 0 bridgehead atoms. The van der Waals surface area contributed by atoms with Gasteiger partial charge in [-0.3, -0.25) is 9.11 Å². The summed E-state index contributed by atoms with van der Waals surface area (Å²) in [6, 6.07) is 16.2. The summed E-state index contributed by atoms with van der Waals surface area (Å²) in [7, 11) is -9.73. The maximum Gasteiger partial charge on any atom is 0.296 e. The fourth-order valence-electron chi connectivity index (χ4n) is 4.99. The average molecular weight is 659 g/mol. The van der Waals surface area contributed by atoms with Gasteiger partial charge in [-0.2, -0.15) is 16.8 Å². The standard InChI is InChI=1S/C22H32N2.C10H10N2O7S2/c1-5-6-7-8-9-18(4)24-22-13-11-20(15-17(22)3)19-10-12-21(23)16(2)14-19;11-5-2-1-4-6(20(14,15)16)3-7(21(17,18)19)9(12)8(4)10(5)13/h10-15,18,24H,5-9,23H2,1-4H3;1-3,13H,11-12H2,(H,14,15,16)(H,17,18,19). The van der Waals surface area contributed by atoms with Gasteiger partial charge in [0.2, 0.25) is 0 Å². The van der Waals surface area contributed by atoms with Crippen LogP contribution in [0.15, 0.2) is 64.4 Å². The van der Waals surface area contributed by atoms with Crippen LogP contribution in [0, 0.1) is 13.8 Å². The Bertz CT molecular complexity index is 1910. The molecule has 10 N–H and O–H groups in total. The Balaban J connectivity index is 0.000000248. The number of nitrogens with two attached hydrogens (primary N) is 3. The van der Waals surface area contributed by atoms with Gasteiger partial charge < -0.3 is 27.6 Å². The zero-order valence-corrected chi connectivity index (χ0v) is 27.5. The zero-order chi connectivity index (χ0) is 33.7. The van der Waals surface area contributed by atoms with Crippen LogP contribution in [0.3, 0.4) is 0 Å². The van der Waals surface area contributed by atoms with E-state index in [0.29, 0.717) is 12.1 Å². The molecule has 0 aliphatic carbocycles. The van der Waals surface area contributed by atoms with E-state index >= 15 is 0 Å². The number of nitrogens with one attached hydrogen (secondary N) is 1. The van der Waals surface area contributed by atoms with Gasteiger partial charge in [0, 0.05) is 22.8 Å². The smallest absolute Gasteiger partial charge is 0.296 e. The molecule has 45 heavy (non-hydrogen) atoms. The van der Waals surface area contributed by atoms with Crippen molar-refractivity contribution >= 4 is 53.8 Å². The van der Waals surface area contributed by atoms with Gasteiger partial charge in [-0.05, 0) is 85.8 Å². The lowest BCUT2D eigenvalue weighted by molar-refractivity contribution is 0.481. The number of aryl methyl sites for hydroxylation is 2. The van der Waals surface area contributed by atoms with Crippen molar-refractivity contribution in [3.63, 3.8) is 0 Å². The van der Waals surface area contributed by atoms with E-state index in [-0.39, 0.29) is 11.1 Å². The number of phenolic OH excluding ortho intramolecular Hbond substituents is 1. The van der Waals surface area contributed by atoms with Gasteiger partial charge in [0.05, 0.1) is 16.8 Å². The number of benzene rings is 4. The highest BCUT2D eigenvalue weighted by atomic mass is 32.2. The first-order chi connectivity index (χ1) is 20.9. The minimum Gasteiger partial charge on any atom is -0.505 e. The van der Waals surface area contributed by atoms with Crippen molar-refractivity contribution in [1.29, 1.82) is 0 Å². The van der Waals surface area contributed by atoms with E-state index in [1.54, 1.807) is 0 Å². The molecule has 0 fully saturated rings. The molecule has 244 valence electrons. The van der Waals surface area contributed by atoms with E-state index in [4.69, 9.17) is 21.8 Å². The minimum absolute atomic E-state index is 0.192. The van der Waals surface area contributed by atoms with Crippen LogP contribution in [0.25, 0.3) is 21.9 Å². The molecule has 1 unspecified atom stereocenters. The summed E-state index contributed by atoms with van der Waals surface area (Å²) < 4.78 is 63.5. The number of anilines is 4. The molecule has 4 aromatic carbocycles. The third kappa shape index (κ3) is 8.78. The second kappa shape index (κ2) is 14.4. The number of fused-ring (bicyclic) bond motifs is 1. The average Bonchev–Trinajstić information content (AvgIpc) is 2.94. The summed E-state index contributed by atoms with van der Waals surface area (Å²) in [6.07, 6.45) is 6.54. The lowest BCUT2D eigenvalue weighted by Gasteiger charge is -2.18. The predicted octanol–water partition coefficient (Wildman–Crippen LogP) is 6.53. The second-order valence-electron chi connectivity index (χ2n) is 11.2. The molecule has 0 saturated heterocycles. The first-order valence-electron chi connectivity index (χ1n) is 14.5. The maximum absolute atomic E-state index is 11.4. The Morgan fingerprint density at radius 1 is 0.756 bits per heavy atom. The summed E-state index contributed by atoms with van der Waals surface area (Å²) in [4.78, 5) is -1.81. The van der Waals surface area contributed by atoms with Crippen molar-refractivity contribution < 1.29 is 31.0 Å². The predicted molar refractivity (Wildman–Crippen MR) is 182 cm³/mol. The van der Waals surface area contributed by atoms with E-state index in [2.05, 4.69) is 63.3 Å². The SMILES string of the molecule is CCCCCCC(C)Nc1ccc(-c2ccc(N)c(C)c2)cc1C.Nc1ccc2c(S(=O)(=O)O)cc(S(=O)(=O)O)c(N)c2c1O. The Morgan fingerprint density at radius 2 is 1.33 bits per heavy atom. The quantitative estimate of drug-likeness (QED) is 0.0420. The van der Waals surface area contributed by atoms with Gasteiger partial charge in [-0.1, -0.05) is 50.8 Å². The number of hydrogen-bond acceptors (Lipinski definition) is 9. The van der Waals surface area contributed by atoms with Crippen LogP contribution in [0.1, 0.15) is 57.1 Å². The van der Waals surface area contributed by atoms with Crippen molar-refractivity contribution in [1.82, 2.24) is 0 Å². The van der Waals surface area contributed by atoms with Crippen LogP contribution < -0.4 is 22.5 Å².